The molecule has 5 heteroatoms. The van der Waals surface area contributed by atoms with Gasteiger partial charge in [-0.15, -0.1) is 0 Å². The van der Waals surface area contributed by atoms with Crippen molar-refractivity contribution < 1.29 is 9.90 Å². The Morgan fingerprint density at radius 3 is 2.48 bits per heavy atom. The topological polar surface area (TPSA) is 52.6 Å². The van der Waals surface area contributed by atoms with Crippen LogP contribution in [0.4, 0.5) is 11.4 Å². The molecule has 25 heavy (non-hydrogen) atoms. The van der Waals surface area contributed by atoms with Crippen LogP contribution in [0.2, 0.25) is 5.02 Å². The average molecular weight is 351 g/mol. The van der Waals surface area contributed by atoms with Gasteiger partial charge in [0, 0.05) is 16.4 Å². The molecule has 0 aromatic heterocycles. The fourth-order valence-corrected chi connectivity index (χ4v) is 3.18. The first-order chi connectivity index (χ1) is 12.1. The largest absolute Gasteiger partial charge is 0.508 e. The molecule has 0 spiro atoms. The summed E-state index contributed by atoms with van der Waals surface area (Å²) in [6.07, 6.45) is -0.435. The van der Waals surface area contributed by atoms with E-state index in [2.05, 4.69) is 5.32 Å². The average Bonchev–Trinajstić information content (AvgIpc) is 2.63. The van der Waals surface area contributed by atoms with E-state index in [0.717, 1.165) is 16.9 Å². The number of anilines is 2. The molecule has 1 heterocycles. The number of carbonyl (C=O) groups is 1. The Morgan fingerprint density at radius 1 is 0.960 bits per heavy atom. The van der Waals surface area contributed by atoms with E-state index in [1.54, 1.807) is 41.3 Å². The number of carbonyl (C=O) groups excluding carboxylic acids is 1. The molecule has 4 nitrogen and oxygen atoms in total. The van der Waals surface area contributed by atoms with Crippen molar-refractivity contribution in [3.8, 4) is 5.75 Å². The summed E-state index contributed by atoms with van der Waals surface area (Å²) in [7, 11) is 0. The molecule has 1 atom stereocenters. The molecule has 0 radical (unpaired) electrons. The first-order valence-corrected chi connectivity index (χ1v) is 8.25. The third-order valence-electron chi connectivity index (χ3n) is 4.22. The van der Waals surface area contributed by atoms with Gasteiger partial charge in [-0.1, -0.05) is 35.9 Å². The van der Waals surface area contributed by atoms with Gasteiger partial charge < -0.3 is 10.4 Å². The van der Waals surface area contributed by atoms with Crippen LogP contribution in [0.15, 0.2) is 72.8 Å². The van der Waals surface area contributed by atoms with E-state index in [9.17, 15) is 9.90 Å². The van der Waals surface area contributed by atoms with Crippen LogP contribution in [0.5, 0.6) is 5.75 Å². The molecule has 124 valence electrons. The van der Waals surface area contributed by atoms with E-state index < -0.39 is 6.17 Å². The van der Waals surface area contributed by atoms with Crippen LogP contribution >= 0.6 is 11.6 Å². The Balaban J connectivity index is 1.87. The molecule has 0 saturated carbocycles. The third kappa shape index (κ3) is 2.81. The van der Waals surface area contributed by atoms with Crippen LogP contribution in [0, 0.1) is 0 Å². The second-order valence-corrected chi connectivity index (χ2v) is 6.28. The third-order valence-corrected chi connectivity index (χ3v) is 4.47. The minimum absolute atomic E-state index is 0.106. The number of phenolic OH excluding ortho intramolecular Hbond substituents is 1. The second-order valence-electron chi connectivity index (χ2n) is 5.84. The van der Waals surface area contributed by atoms with Gasteiger partial charge in [-0.05, 0) is 54.1 Å². The van der Waals surface area contributed by atoms with Crippen LogP contribution in [0.1, 0.15) is 22.1 Å². The van der Waals surface area contributed by atoms with Gasteiger partial charge >= 0.3 is 0 Å². The number of hydrogen-bond donors (Lipinski definition) is 2. The summed E-state index contributed by atoms with van der Waals surface area (Å²) >= 11 is 5.99. The maximum atomic E-state index is 13.2. The zero-order valence-electron chi connectivity index (χ0n) is 13.2. The van der Waals surface area contributed by atoms with Gasteiger partial charge in [-0.25, -0.2) is 0 Å². The summed E-state index contributed by atoms with van der Waals surface area (Å²) in [5.74, 6) is 0.0479. The van der Waals surface area contributed by atoms with Gasteiger partial charge in [-0.2, -0.15) is 0 Å². The number of rotatable bonds is 2. The van der Waals surface area contributed by atoms with Gasteiger partial charge in [0.1, 0.15) is 11.9 Å². The van der Waals surface area contributed by atoms with Crippen molar-refractivity contribution in [3.05, 3.63) is 88.9 Å². The number of phenols is 1. The number of nitrogens with zero attached hydrogens (tertiary/aromatic N) is 1. The fraction of sp³-hybridized carbons (Fsp3) is 0.0500. The molecular weight excluding hydrogens is 336 g/mol. The number of hydrogen-bond acceptors (Lipinski definition) is 3. The molecule has 0 fully saturated rings. The Morgan fingerprint density at radius 2 is 1.72 bits per heavy atom. The lowest BCUT2D eigenvalue weighted by Gasteiger charge is -2.38. The van der Waals surface area contributed by atoms with Gasteiger partial charge in [0.2, 0.25) is 0 Å². The molecule has 3 aromatic rings. The van der Waals surface area contributed by atoms with E-state index in [0.29, 0.717) is 10.6 Å². The number of nitrogens with one attached hydrogen (secondary N) is 1. The van der Waals surface area contributed by atoms with E-state index in [4.69, 9.17) is 11.6 Å². The van der Waals surface area contributed by atoms with Gasteiger partial charge in [0.15, 0.2) is 0 Å². The van der Waals surface area contributed by atoms with Crippen molar-refractivity contribution in [1.82, 2.24) is 0 Å². The monoisotopic (exact) mass is 350 g/mol. The standard InChI is InChI=1S/C20H15ClN2O2/c21-14-8-10-15(11-9-14)23-19(13-4-3-5-16(24)12-13)22-18-7-2-1-6-17(18)20(23)25/h1-12,19,22,24H/t19-/m0/s1. The lowest BCUT2D eigenvalue weighted by molar-refractivity contribution is 0.0975. The van der Waals surface area contributed by atoms with E-state index in [1.165, 1.54) is 0 Å². The summed E-state index contributed by atoms with van der Waals surface area (Å²) in [6, 6.07) is 21.4. The summed E-state index contributed by atoms with van der Waals surface area (Å²) in [6.45, 7) is 0. The maximum absolute atomic E-state index is 13.2. The van der Waals surface area contributed by atoms with E-state index in [-0.39, 0.29) is 11.7 Å². The zero-order chi connectivity index (χ0) is 17.4. The Kier molecular flexibility index (Phi) is 3.82. The molecule has 0 saturated heterocycles. The lowest BCUT2D eigenvalue weighted by atomic mass is 10.0. The van der Waals surface area contributed by atoms with Gasteiger partial charge in [-0.3, -0.25) is 9.69 Å². The Hall–Kier alpha value is -2.98. The fourth-order valence-electron chi connectivity index (χ4n) is 3.05. The van der Waals surface area contributed by atoms with Crippen LogP contribution in [0.25, 0.3) is 0 Å². The number of benzene rings is 3. The molecule has 4 rings (SSSR count). The highest BCUT2D eigenvalue weighted by Gasteiger charge is 2.34. The predicted octanol–water partition coefficient (Wildman–Crippen LogP) is 4.82. The summed E-state index contributed by atoms with van der Waals surface area (Å²) in [5.41, 5.74) is 2.89. The molecule has 3 aromatic carbocycles. The SMILES string of the molecule is O=C1c2ccccc2N[C@H](c2cccc(O)c2)N1c1ccc(Cl)cc1. The highest BCUT2D eigenvalue weighted by atomic mass is 35.5. The number of para-hydroxylation sites is 1. The number of aromatic hydroxyl groups is 1. The Labute approximate surface area is 150 Å². The highest BCUT2D eigenvalue weighted by Crippen LogP contribution is 2.37. The number of fused-ring (bicyclic) bond motifs is 1. The van der Waals surface area contributed by atoms with Crippen molar-refractivity contribution in [2.24, 2.45) is 0 Å². The summed E-state index contributed by atoms with van der Waals surface area (Å²) < 4.78 is 0. The molecule has 0 unspecified atom stereocenters. The minimum Gasteiger partial charge on any atom is -0.508 e. The van der Waals surface area contributed by atoms with Gasteiger partial charge in [0.05, 0.1) is 5.56 Å². The zero-order valence-corrected chi connectivity index (χ0v) is 13.9. The van der Waals surface area contributed by atoms with Crippen molar-refractivity contribution in [3.63, 3.8) is 0 Å². The molecule has 1 aliphatic heterocycles. The van der Waals surface area contributed by atoms with E-state index in [1.807, 2.05) is 36.4 Å². The smallest absolute Gasteiger partial charge is 0.262 e. The molecule has 0 bridgehead atoms. The Bertz CT molecular complexity index is 940. The first-order valence-electron chi connectivity index (χ1n) is 7.87. The normalized spacial score (nSPS) is 16.3. The molecule has 1 aliphatic rings. The van der Waals surface area contributed by atoms with Gasteiger partial charge in [0.25, 0.3) is 5.91 Å². The molecule has 2 N–H and O–H groups in total. The van der Waals surface area contributed by atoms with Crippen molar-refractivity contribution in [2.45, 2.75) is 6.17 Å². The van der Waals surface area contributed by atoms with Crippen LogP contribution in [-0.4, -0.2) is 11.0 Å². The molecular formula is C20H15ClN2O2. The predicted molar refractivity (Wildman–Crippen MR) is 99.2 cm³/mol. The highest BCUT2D eigenvalue weighted by molar-refractivity contribution is 6.30. The summed E-state index contributed by atoms with van der Waals surface area (Å²) in [5, 5.41) is 13.9. The lowest BCUT2D eigenvalue weighted by Crippen LogP contribution is -2.43. The van der Waals surface area contributed by atoms with Crippen molar-refractivity contribution in [2.75, 3.05) is 10.2 Å². The van der Waals surface area contributed by atoms with Crippen molar-refractivity contribution in [1.29, 1.82) is 0 Å². The summed E-state index contributed by atoms with van der Waals surface area (Å²) in [4.78, 5) is 14.8. The molecule has 0 aliphatic carbocycles. The first kappa shape index (κ1) is 15.5. The maximum Gasteiger partial charge on any atom is 0.262 e. The van der Waals surface area contributed by atoms with Crippen LogP contribution < -0.4 is 10.2 Å². The number of halogens is 1. The quantitative estimate of drug-likeness (QED) is 0.697. The van der Waals surface area contributed by atoms with E-state index >= 15 is 0 Å². The second kappa shape index (κ2) is 6.15. The minimum atomic E-state index is -0.435. The van der Waals surface area contributed by atoms with Crippen LogP contribution in [-0.2, 0) is 0 Å². The molecule has 1 amide bonds. The van der Waals surface area contributed by atoms with Crippen LogP contribution in [0.3, 0.4) is 0 Å². The van der Waals surface area contributed by atoms with Crippen molar-refractivity contribution >= 4 is 28.9 Å². The number of amides is 1.